The van der Waals surface area contributed by atoms with Gasteiger partial charge in [0.15, 0.2) is 6.54 Å². The topological polar surface area (TPSA) is 85.5 Å². The Morgan fingerprint density at radius 3 is 2.03 bits per heavy atom. The molecule has 1 aliphatic rings. The van der Waals surface area contributed by atoms with Crippen molar-refractivity contribution >= 4 is 23.2 Å². The molecule has 8 heteroatoms. The van der Waals surface area contributed by atoms with Crippen molar-refractivity contribution in [1.82, 2.24) is 0 Å². The summed E-state index contributed by atoms with van der Waals surface area (Å²) in [6.07, 6.45) is 0. The molecule has 2 aromatic rings. The number of carbonyl (C=O) groups excluding carboxylic acids is 2. The van der Waals surface area contributed by atoms with Gasteiger partial charge in [-0.05, 0) is 12.1 Å². The maximum atomic E-state index is 12.6. The largest absolute Gasteiger partial charge is 0.494 e. The Balaban J connectivity index is 1.72. The first-order valence-corrected chi connectivity index (χ1v) is 10.1. The average molecular weight is 415 g/mol. The Morgan fingerprint density at radius 1 is 0.900 bits per heavy atom. The standard InChI is InChI=1S/C22H28N4O4/c1-25-9-11-26(12-10-25)15-21(27)23-17-13-20(30-3)18(14-19(17)29-2)24-22(28)16-7-5-4-6-8-16/h4-8,13-14H,9-12,15H2,1-3H3,(H,23,27)(H,24,28)/p+2. The van der Waals surface area contributed by atoms with Crippen molar-refractivity contribution in [1.29, 1.82) is 0 Å². The van der Waals surface area contributed by atoms with E-state index in [1.165, 1.54) is 24.0 Å². The van der Waals surface area contributed by atoms with E-state index in [1.807, 2.05) is 6.07 Å². The van der Waals surface area contributed by atoms with Gasteiger partial charge in [-0.25, -0.2) is 0 Å². The van der Waals surface area contributed by atoms with Gasteiger partial charge in [-0.2, -0.15) is 0 Å². The number of methoxy groups -OCH3 is 2. The van der Waals surface area contributed by atoms with Crippen LogP contribution in [0.15, 0.2) is 42.5 Å². The van der Waals surface area contributed by atoms with Crippen molar-refractivity contribution in [2.75, 3.05) is 64.6 Å². The number of benzene rings is 2. The SMILES string of the molecule is COc1cc(NC(=O)c2ccccc2)c(OC)cc1NC(=O)C[NH+]1CC[NH+](C)CC1. The molecule has 0 aliphatic carbocycles. The quantitative estimate of drug-likeness (QED) is 0.483. The number of rotatable bonds is 7. The van der Waals surface area contributed by atoms with Crippen molar-refractivity contribution in [3.05, 3.63) is 48.0 Å². The van der Waals surface area contributed by atoms with Gasteiger partial charge < -0.3 is 29.9 Å². The van der Waals surface area contributed by atoms with Crippen LogP contribution < -0.4 is 29.9 Å². The van der Waals surface area contributed by atoms with Crippen LogP contribution in [0.5, 0.6) is 11.5 Å². The number of anilines is 2. The van der Waals surface area contributed by atoms with Gasteiger partial charge in [-0.1, -0.05) is 18.2 Å². The maximum absolute atomic E-state index is 12.6. The van der Waals surface area contributed by atoms with Gasteiger partial charge in [-0.15, -0.1) is 0 Å². The van der Waals surface area contributed by atoms with E-state index in [-0.39, 0.29) is 11.8 Å². The van der Waals surface area contributed by atoms with E-state index in [9.17, 15) is 9.59 Å². The molecule has 30 heavy (non-hydrogen) atoms. The summed E-state index contributed by atoms with van der Waals surface area (Å²) in [5.74, 6) is 0.552. The Labute approximate surface area is 176 Å². The van der Waals surface area contributed by atoms with Crippen LogP contribution in [0.25, 0.3) is 0 Å². The van der Waals surface area contributed by atoms with Crippen molar-refractivity contribution in [3.63, 3.8) is 0 Å². The minimum atomic E-state index is -0.256. The molecule has 0 saturated carbocycles. The second-order valence-corrected chi connectivity index (χ2v) is 7.50. The highest BCUT2D eigenvalue weighted by molar-refractivity contribution is 6.05. The highest BCUT2D eigenvalue weighted by atomic mass is 16.5. The Hall–Kier alpha value is -3.10. The third kappa shape index (κ3) is 5.49. The van der Waals surface area contributed by atoms with Gasteiger partial charge in [0.1, 0.15) is 37.7 Å². The lowest BCUT2D eigenvalue weighted by Crippen LogP contribution is -3.27. The van der Waals surface area contributed by atoms with Gasteiger partial charge in [-0.3, -0.25) is 9.59 Å². The molecule has 1 heterocycles. The van der Waals surface area contributed by atoms with E-state index in [0.717, 1.165) is 26.2 Å². The predicted octanol–water partition coefficient (Wildman–Crippen LogP) is -0.692. The Morgan fingerprint density at radius 2 is 1.47 bits per heavy atom. The number of quaternary nitrogens is 2. The lowest BCUT2D eigenvalue weighted by molar-refractivity contribution is -0.999. The molecule has 1 fully saturated rings. The summed E-state index contributed by atoms with van der Waals surface area (Å²) in [6, 6.07) is 12.2. The summed E-state index contributed by atoms with van der Waals surface area (Å²) in [6.45, 7) is 4.49. The smallest absolute Gasteiger partial charge is 0.279 e. The molecular weight excluding hydrogens is 384 g/mol. The fourth-order valence-corrected chi connectivity index (χ4v) is 3.51. The molecule has 0 bridgehead atoms. The summed E-state index contributed by atoms with van der Waals surface area (Å²) >= 11 is 0. The third-order valence-electron chi connectivity index (χ3n) is 5.30. The lowest BCUT2D eigenvalue weighted by Gasteiger charge is -2.26. The van der Waals surface area contributed by atoms with Gasteiger partial charge in [0.05, 0.1) is 32.6 Å². The highest BCUT2D eigenvalue weighted by Gasteiger charge is 2.23. The van der Waals surface area contributed by atoms with E-state index in [4.69, 9.17) is 9.47 Å². The highest BCUT2D eigenvalue weighted by Crippen LogP contribution is 2.36. The molecule has 2 aromatic carbocycles. The van der Waals surface area contributed by atoms with E-state index < -0.39 is 0 Å². The number of ether oxygens (including phenoxy) is 2. The third-order valence-corrected chi connectivity index (χ3v) is 5.30. The van der Waals surface area contributed by atoms with Crippen molar-refractivity contribution in [2.24, 2.45) is 0 Å². The van der Waals surface area contributed by atoms with Crippen LogP contribution in [0, 0.1) is 0 Å². The summed E-state index contributed by atoms with van der Waals surface area (Å²) in [5.41, 5.74) is 1.51. The van der Waals surface area contributed by atoms with E-state index in [2.05, 4.69) is 17.7 Å². The molecule has 3 rings (SSSR count). The van der Waals surface area contributed by atoms with Gasteiger partial charge in [0.2, 0.25) is 0 Å². The Kier molecular flexibility index (Phi) is 7.26. The molecule has 4 N–H and O–H groups in total. The van der Waals surface area contributed by atoms with Crippen LogP contribution in [0.3, 0.4) is 0 Å². The van der Waals surface area contributed by atoms with Crippen molar-refractivity contribution < 1.29 is 28.9 Å². The average Bonchev–Trinajstić information content (AvgIpc) is 2.76. The van der Waals surface area contributed by atoms with E-state index in [0.29, 0.717) is 35.0 Å². The number of carbonyl (C=O) groups is 2. The van der Waals surface area contributed by atoms with Crippen LogP contribution in [0.4, 0.5) is 11.4 Å². The first-order valence-electron chi connectivity index (χ1n) is 10.1. The first-order chi connectivity index (χ1) is 14.5. The number of hydrogen-bond donors (Lipinski definition) is 4. The molecule has 0 spiro atoms. The fourth-order valence-electron chi connectivity index (χ4n) is 3.51. The number of piperazine rings is 1. The summed E-state index contributed by atoms with van der Waals surface area (Å²) in [4.78, 5) is 27.9. The van der Waals surface area contributed by atoms with Gasteiger partial charge in [0.25, 0.3) is 11.8 Å². The predicted molar refractivity (Wildman–Crippen MR) is 115 cm³/mol. The fraction of sp³-hybridized carbons (Fsp3) is 0.364. The molecule has 0 aromatic heterocycles. The minimum absolute atomic E-state index is 0.0778. The molecule has 0 atom stereocenters. The molecule has 0 radical (unpaired) electrons. The number of nitrogens with one attached hydrogen (secondary N) is 4. The molecule has 2 amide bonds. The number of hydrogen-bond acceptors (Lipinski definition) is 4. The summed E-state index contributed by atoms with van der Waals surface area (Å²) in [7, 11) is 5.21. The zero-order chi connectivity index (χ0) is 21.5. The molecular formula is C22H30N4O4+2. The monoisotopic (exact) mass is 414 g/mol. The Bertz CT molecular complexity index is 880. The zero-order valence-electron chi connectivity index (χ0n) is 17.7. The molecule has 8 nitrogen and oxygen atoms in total. The molecule has 160 valence electrons. The van der Waals surface area contributed by atoms with Crippen LogP contribution in [-0.2, 0) is 4.79 Å². The summed E-state index contributed by atoms with van der Waals surface area (Å²) < 4.78 is 10.9. The van der Waals surface area contributed by atoms with Crippen LogP contribution in [0.2, 0.25) is 0 Å². The van der Waals surface area contributed by atoms with Crippen LogP contribution >= 0.6 is 0 Å². The van der Waals surface area contributed by atoms with Crippen LogP contribution in [0.1, 0.15) is 10.4 Å². The number of amides is 2. The summed E-state index contributed by atoms with van der Waals surface area (Å²) in [5, 5.41) is 5.76. The molecule has 1 saturated heterocycles. The van der Waals surface area contributed by atoms with Crippen molar-refractivity contribution in [2.45, 2.75) is 0 Å². The van der Waals surface area contributed by atoms with Crippen molar-refractivity contribution in [3.8, 4) is 11.5 Å². The van der Waals surface area contributed by atoms with E-state index in [1.54, 1.807) is 36.4 Å². The zero-order valence-corrected chi connectivity index (χ0v) is 17.7. The molecule has 1 aliphatic heterocycles. The normalized spacial score (nSPS) is 18.4. The van der Waals surface area contributed by atoms with Crippen LogP contribution in [-0.4, -0.2) is 65.8 Å². The lowest BCUT2D eigenvalue weighted by atomic mass is 10.2. The molecule has 0 unspecified atom stereocenters. The second-order valence-electron chi connectivity index (χ2n) is 7.50. The van der Waals surface area contributed by atoms with Gasteiger partial charge >= 0.3 is 0 Å². The van der Waals surface area contributed by atoms with Gasteiger partial charge in [0, 0.05) is 17.7 Å². The first kappa shape index (κ1) is 21.6. The maximum Gasteiger partial charge on any atom is 0.279 e. The van der Waals surface area contributed by atoms with E-state index >= 15 is 0 Å². The number of likely N-dealkylation sites (N-methyl/N-ethyl adjacent to an activating group) is 1. The second kappa shape index (κ2) is 10.1. The minimum Gasteiger partial charge on any atom is -0.494 e.